The Morgan fingerprint density at radius 1 is 1.45 bits per heavy atom. The predicted octanol–water partition coefficient (Wildman–Crippen LogP) is 2.03. The second-order valence-electron chi connectivity index (χ2n) is 4.83. The summed E-state index contributed by atoms with van der Waals surface area (Å²) in [6.07, 6.45) is 2.55. The van der Waals surface area contributed by atoms with Crippen LogP contribution in [0.1, 0.15) is 36.5 Å². The number of methoxy groups -OCH3 is 1. The van der Waals surface area contributed by atoms with Gasteiger partial charge in [0.1, 0.15) is 0 Å². The van der Waals surface area contributed by atoms with E-state index in [1.54, 1.807) is 0 Å². The van der Waals surface area contributed by atoms with Crippen LogP contribution in [0.25, 0.3) is 0 Å². The van der Waals surface area contributed by atoms with E-state index in [-0.39, 0.29) is 23.0 Å². The maximum atomic E-state index is 12.4. The number of esters is 1. The van der Waals surface area contributed by atoms with Crippen LogP contribution >= 0.6 is 15.9 Å². The molecule has 0 aliphatic carbocycles. The van der Waals surface area contributed by atoms with Crippen LogP contribution in [0.3, 0.4) is 0 Å². The van der Waals surface area contributed by atoms with E-state index in [1.807, 2.05) is 6.92 Å². The van der Waals surface area contributed by atoms with E-state index in [0.717, 1.165) is 12.8 Å². The van der Waals surface area contributed by atoms with E-state index in [4.69, 9.17) is 5.73 Å². The molecular formula is C14H21BrN2O4S. The van der Waals surface area contributed by atoms with Gasteiger partial charge < -0.3 is 10.5 Å². The lowest BCUT2D eigenvalue weighted by molar-refractivity contribution is 0.0600. The zero-order valence-electron chi connectivity index (χ0n) is 12.6. The van der Waals surface area contributed by atoms with Gasteiger partial charge in [-0.15, -0.1) is 0 Å². The summed E-state index contributed by atoms with van der Waals surface area (Å²) in [5.41, 5.74) is 5.89. The highest BCUT2D eigenvalue weighted by atomic mass is 79.9. The number of rotatable bonds is 8. The first-order valence-corrected chi connectivity index (χ1v) is 9.23. The quantitative estimate of drug-likeness (QED) is 0.659. The van der Waals surface area contributed by atoms with Crippen molar-refractivity contribution in [2.75, 3.05) is 13.7 Å². The number of carbonyl (C=O) groups excluding carboxylic acids is 1. The molecule has 124 valence electrons. The number of nitrogens with two attached hydrogens (primary N) is 1. The van der Waals surface area contributed by atoms with Crippen LogP contribution in [0.5, 0.6) is 0 Å². The van der Waals surface area contributed by atoms with Crippen molar-refractivity contribution in [1.29, 1.82) is 0 Å². The molecule has 1 aromatic carbocycles. The fraction of sp³-hybridized carbons (Fsp3) is 0.500. The van der Waals surface area contributed by atoms with Crippen molar-refractivity contribution in [2.45, 2.75) is 37.1 Å². The van der Waals surface area contributed by atoms with Gasteiger partial charge in [-0.1, -0.05) is 19.8 Å². The van der Waals surface area contributed by atoms with Gasteiger partial charge in [-0.25, -0.2) is 17.9 Å². The lowest BCUT2D eigenvalue weighted by Crippen LogP contribution is -2.40. The first kappa shape index (κ1) is 19.1. The SMILES string of the molecule is CCCCC(CN)NS(=O)(=O)c1ccc(C(=O)OC)cc1Br. The van der Waals surface area contributed by atoms with Crippen LogP contribution in [0.4, 0.5) is 0 Å². The zero-order chi connectivity index (χ0) is 16.8. The molecule has 8 heteroatoms. The van der Waals surface area contributed by atoms with Crippen molar-refractivity contribution in [2.24, 2.45) is 5.73 Å². The zero-order valence-corrected chi connectivity index (χ0v) is 15.0. The first-order valence-electron chi connectivity index (χ1n) is 6.96. The summed E-state index contributed by atoms with van der Waals surface area (Å²) < 4.78 is 32.3. The van der Waals surface area contributed by atoms with E-state index in [0.29, 0.717) is 10.9 Å². The van der Waals surface area contributed by atoms with Gasteiger partial charge in [0.2, 0.25) is 10.0 Å². The molecule has 0 aliphatic heterocycles. The molecule has 1 unspecified atom stereocenters. The third kappa shape index (κ3) is 5.05. The average Bonchev–Trinajstić information content (AvgIpc) is 2.50. The Kier molecular flexibility index (Phi) is 7.47. The van der Waals surface area contributed by atoms with E-state index in [2.05, 4.69) is 25.4 Å². The van der Waals surface area contributed by atoms with E-state index in [9.17, 15) is 13.2 Å². The summed E-state index contributed by atoms with van der Waals surface area (Å²) in [6.45, 7) is 2.27. The normalized spacial score (nSPS) is 12.9. The maximum absolute atomic E-state index is 12.4. The molecule has 0 fully saturated rings. The van der Waals surface area contributed by atoms with Crippen LogP contribution in [0.15, 0.2) is 27.6 Å². The minimum absolute atomic E-state index is 0.0649. The molecule has 0 aliphatic rings. The molecule has 0 amide bonds. The lowest BCUT2D eigenvalue weighted by atomic mass is 10.1. The number of nitrogens with one attached hydrogen (secondary N) is 1. The van der Waals surface area contributed by atoms with E-state index >= 15 is 0 Å². The fourth-order valence-corrected chi connectivity index (χ4v) is 4.28. The summed E-state index contributed by atoms with van der Waals surface area (Å²) in [7, 11) is -2.44. The Hall–Kier alpha value is -0.960. The minimum atomic E-state index is -3.71. The third-order valence-corrected chi connectivity index (χ3v) is 5.65. The number of hydrogen-bond acceptors (Lipinski definition) is 5. The van der Waals surface area contributed by atoms with Crippen LogP contribution in [0.2, 0.25) is 0 Å². The minimum Gasteiger partial charge on any atom is -0.465 e. The number of benzene rings is 1. The van der Waals surface area contributed by atoms with Crippen molar-refractivity contribution < 1.29 is 17.9 Å². The van der Waals surface area contributed by atoms with Crippen LogP contribution in [0, 0.1) is 0 Å². The van der Waals surface area contributed by atoms with Gasteiger partial charge in [-0.2, -0.15) is 0 Å². The van der Waals surface area contributed by atoms with E-state index in [1.165, 1.54) is 25.3 Å². The second kappa shape index (κ2) is 8.61. The molecule has 0 saturated heterocycles. The predicted molar refractivity (Wildman–Crippen MR) is 88.2 cm³/mol. The summed E-state index contributed by atoms with van der Waals surface area (Å²) in [5.74, 6) is -0.527. The number of unbranched alkanes of at least 4 members (excludes halogenated alkanes) is 1. The summed E-state index contributed by atoms with van der Waals surface area (Å²) in [5, 5.41) is 0. The lowest BCUT2D eigenvalue weighted by Gasteiger charge is -2.17. The van der Waals surface area contributed by atoms with Gasteiger partial charge in [-0.05, 0) is 40.5 Å². The smallest absolute Gasteiger partial charge is 0.337 e. The molecule has 0 aromatic heterocycles. The Balaban J connectivity index is 3.00. The van der Waals surface area contributed by atoms with Gasteiger partial charge >= 0.3 is 5.97 Å². The first-order chi connectivity index (χ1) is 10.4. The average molecular weight is 393 g/mol. The fourth-order valence-electron chi connectivity index (χ4n) is 1.92. The Labute approximate surface area is 139 Å². The Morgan fingerprint density at radius 3 is 2.64 bits per heavy atom. The highest BCUT2D eigenvalue weighted by Gasteiger charge is 2.22. The monoisotopic (exact) mass is 392 g/mol. The highest BCUT2D eigenvalue weighted by Crippen LogP contribution is 2.24. The van der Waals surface area contributed by atoms with Gasteiger partial charge in [0.05, 0.1) is 17.6 Å². The number of carbonyl (C=O) groups is 1. The van der Waals surface area contributed by atoms with Crippen LogP contribution in [-0.4, -0.2) is 34.1 Å². The van der Waals surface area contributed by atoms with Crippen LogP contribution < -0.4 is 10.5 Å². The molecule has 0 spiro atoms. The van der Waals surface area contributed by atoms with E-state index < -0.39 is 16.0 Å². The van der Waals surface area contributed by atoms with Crippen LogP contribution in [-0.2, 0) is 14.8 Å². The second-order valence-corrected chi connectivity index (χ2v) is 7.37. The molecular weight excluding hydrogens is 372 g/mol. The number of hydrogen-bond donors (Lipinski definition) is 2. The van der Waals surface area contributed by atoms with Gasteiger partial charge in [-0.3, -0.25) is 0 Å². The van der Waals surface area contributed by atoms with Crippen molar-refractivity contribution in [3.8, 4) is 0 Å². The molecule has 0 saturated carbocycles. The molecule has 1 atom stereocenters. The van der Waals surface area contributed by atoms with Gasteiger partial charge in [0, 0.05) is 17.1 Å². The van der Waals surface area contributed by atoms with Crippen molar-refractivity contribution in [1.82, 2.24) is 4.72 Å². The largest absolute Gasteiger partial charge is 0.465 e. The van der Waals surface area contributed by atoms with Crippen molar-refractivity contribution in [3.05, 3.63) is 28.2 Å². The van der Waals surface area contributed by atoms with Gasteiger partial charge in [0.25, 0.3) is 0 Å². The maximum Gasteiger partial charge on any atom is 0.337 e. The highest BCUT2D eigenvalue weighted by molar-refractivity contribution is 9.10. The van der Waals surface area contributed by atoms with Crippen molar-refractivity contribution >= 4 is 31.9 Å². The molecule has 1 rings (SSSR count). The molecule has 6 nitrogen and oxygen atoms in total. The number of sulfonamides is 1. The standard InChI is InChI=1S/C14H21BrN2O4S/c1-3-4-5-11(9-16)17-22(19,20)13-7-6-10(8-12(13)15)14(18)21-2/h6-8,11,17H,3-5,9,16H2,1-2H3. The molecule has 3 N–H and O–H groups in total. The third-order valence-electron chi connectivity index (χ3n) is 3.15. The topological polar surface area (TPSA) is 98.5 Å². The molecule has 0 bridgehead atoms. The Bertz CT molecular complexity index is 619. The molecule has 0 heterocycles. The number of halogens is 1. The molecule has 22 heavy (non-hydrogen) atoms. The number of ether oxygens (including phenoxy) is 1. The van der Waals surface area contributed by atoms with Gasteiger partial charge in [0.15, 0.2) is 0 Å². The summed E-state index contributed by atoms with van der Waals surface area (Å²) in [6, 6.07) is 3.89. The summed E-state index contributed by atoms with van der Waals surface area (Å²) >= 11 is 3.19. The van der Waals surface area contributed by atoms with Crippen molar-refractivity contribution in [3.63, 3.8) is 0 Å². The molecule has 1 aromatic rings. The molecule has 0 radical (unpaired) electrons. The Morgan fingerprint density at radius 2 is 2.14 bits per heavy atom. The summed E-state index contributed by atoms with van der Waals surface area (Å²) in [4.78, 5) is 11.5.